The minimum atomic E-state index is 0.665. The molecule has 2 nitrogen and oxygen atoms in total. The van der Waals surface area contributed by atoms with Crippen molar-refractivity contribution in [1.82, 2.24) is 9.47 Å². The fraction of sp³-hybridized carbons (Fsp3) is 0.304. The Bertz CT molecular complexity index is 880. The summed E-state index contributed by atoms with van der Waals surface area (Å²) in [4.78, 5) is 2.55. The van der Waals surface area contributed by atoms with Crippen LogP contribution in [-0.4, -0.2) is 22.6 Å². The normalized spacial score (nSPS) is 15.9. The summed E-state index contributed by atoms with van der Waals surface area (Å²) in [6.07, 6.45) is 5.80. The van der Waals surface area contributed by atoms with Crippen LogP contribution in [0.15, 0.2) is 66.9 Å². The predicted octanol–water partition coefficient (Wildman–Crippen LogP) is 6.24. The van der Waals surface area contributed by atoms with Crippen LogP contribution in [0.4, 0.5) is 0 Å². The van der Waals surface area contributed by atoms with Gasteiger partial charge in [-0.05, 0) is 74.2 Å². The first-order valence-corrected chi connectivity index (χ1v) is 10.3. The Hall–Kier alpha value is -1.74. The summed E-state index contributed by atoms with van der Waals surface area (Å²) in [7, 11) is 0. The SMILES string of the molecule is Clc1ccc(-n2cccc2CN2CCC(Cc3ccccc3)CC2)c(Cl)c1. The Morgan fingerprint density at radius 2 is 1.67 bits per heavy atom. The number of hydrogen-bond acceptors (Lipinski definition) is 1. The second-order valence-electron chi connectivity index (χ2n) is 7.37. The van der Waals surface area contributed by atoms with E-state index in [0.29, 0.717) is 10.0 Å². The molecule has 2 aromatic carbocycles. The number of piperidine rings is 1. The van der Waals surface area contributed by atoms with Crippen molar-refractivity contribution in [3.63, 3.8) is 0 Å². The van der Waals surface area contributed by atoms with Crippen molar-refractivity contribution < 1.29 is 0 Å². The van der Waals surface area contributed by atoms with E-state index in [1.165, 1.54) is 30.5 Å². The van der Waals surface area contributed by atoms with Gasteiger partial charge in [0.05, 0.1) is 10.7 Å². The Morgan fingerprint density at radius 3 is 2.41 bits per heavy atom. The van der Waals surface area contributed by atoms with Gasteiger partial charge in [-0.3, -0.25) is 4.90 Å². The van der Waals surface area contributed by atoms with Crippen LogP contribution in [0.2, 0.25) is 10.0 Å². The van der Waals surface area contributed by atoms with E-state index >= 15 is 0 Å². The van der Waals surface area contributed by atoms with Gasteiger partial charge in [-0.2, -0.15) is 0 Å². The number of halogens is 2. The zero-order chi connectivity index (χ0) is 18.6. The zero-order valence-electron chi connectivity index (χ0n) is 15.3. The van der Waals surface area contributed by atoms with E-state index in [4.69, 9.17) is 23.2 Å². The molecule has 1 saturated heterocycles. The fourth-order valence-corrected chi connectivity index (χ4v) is 4.48. The van der Waals surface area contributed by atoms with Crippen molar-refractivity contribution in [2.75, 3.05) is 13.1 Å². The van der Waals surface area contributed by atoms with Crippen LogP contribution >= 0.6 is 23.2 Å². The molecule has 0 atom stereocenters. The number of nitrogens with zero attached hydrogens (tertiary/aromatic N) is 2. The summed E-state index contributed by atoms with van der Waals surface area (Å²) in [6, 6.07) is 20.8. The van der Waals surface area contributed by atoms with Gasteiger partial charge in [0.1, 0.15) is 0 Å². The molecule has 4 heteroatoms. The van der Waals surface area contributed by atoms with E-state index < -0.39 is 0 Å². The molecule has 140 valence electrons. The number of likely N-dealkylation sites (tertiary alicyclic amines) is 1. The maximum absolute atomic E-state index is 6.41. The smallest absolute Gasteiger partial charge is 0.0661 e. The lowest BCUT2D eigenvalue weighted by molar-refractivity contribution is 0.174. The summed E-state index contributed by atoms with van der Waals surface area (Å²) in [5.41, 5.74) is 3.71. The van der Waals surface area contributed by atoms with Gasteiger partial charge in [0.15, 0.2) is 0 Å². The minimum absolute atomic E-state index is 0.665. The van der Waals surface area contributed by atoms with Gasteiger partial charge in [-0.1, -0.05) is 53.5 Å². The van der Waals surface area contributed by atoms with Crippen LogP contribution in [0, 0.1) is 5.92 Å². The first-order valence-electron chi connectivity index (χ1n) is 9.57. The fourth-order valence-electron chi connectivity index (χ4n) is 3.98. The third-order valence-corrected chi connectivity index (χ3v) is 6.00. The lowest BCUT2D eigenvalue weighted by Crippen LogP contribution is -2.34. The Labute approximate surface area is 171 Å². The van der Waals surface area contributed by atoms with E-state index in [9.17, 15) is 0 Å². The molecule has 0 amide bonds. The standard InChI is InChI=1S/C23H24Cl2N2/c24-20-8-9-23(22(25)16-20)27-12-4-7-21(27)17-26-13-10-19(11-14-26)15-18-5-2-1-3-6-18/h1-9,12,16,19H,10-11,13-15,17H2. The third-order valence-electron chi connectivity index (χ3n) is 5.46. The third kappa shape index (κ3) is 4.57. The van der Waals surface area contributed by atoms with Crippen LogP contribution < -0.4 is 0 Å². The lowest BCUT2D eigenvalue weighted by atomic mass is 9.90. The van der Waals surface area contributed by atoms with Gasteiger partial charge in [0.2, 0.25) is 0 Å². The van der Waals surface area contributed by atoms with Crippen molar-refractivity contribution in [2.45, 2.75) is 25.8 Å². The van der Waals surface area contributed by atoms with Crippen LogP contribution in [0.1, 0.15) is 24.1 Å². The first kappa shape index (κ1) is 18.6. The molecule has 1 aliphatic heterocycles. The van der Waals surface area contributed by atoms with Crippen LogP contribution in [0.25, 0.3) is 5.69 Å². The molecule has 27 heavy (non-hydrogen) atoms. The van der Waals surface area contributed by atoms with Crippen LogP contribution in [-0.2, 0) is 13.0 Å². The van der Waals surface area contributed by atoms with E-state index in [2.05, 4.69) is 58.1 Å². The molecule has 0 aliphatic carbocycles. The van der Waals surface area contributed by atoms with Crippen molar-refractivity contribution in [3.8, 4) is 5.69 Å². The highest BCUT2D eigenvalue weighted by molar-refractivity contribution is 6.35. The molecule has 2 heterocycles. The lowest BCUT2D eigenvalue weighted by Gasteiger charge is -2.32. The van der Waals surface area contributed by atoms with E-state index in [0.717, 1.165) is 31.2 Å². The molecule has 1 fully saturated rings. The quantitative estimate of drug-likeness (QED) is 0.493. The van der Waals surface area contributed by atoms with Crippen molar-refractivity contribution in [1.29, 1.82) is 0 Å². The highest BCUT2D eigenvalue weighted by atomic mass is 35.5. The largest absolute Gasteiger partial charge is 0.318 e. The summed E-state index contributed by atoms with van der Waals surface area (Å²) in [6.45, 7) is 3.25. The maximum Gasteiger partial charge on any atom is 0.0661 e. The molecule has 1 aromatic heterocycles. The predicted molar refractivity (Wildman–Crippen MR) is 114 cm³/mol. The first-order chi connectivity index (χ1) is 13.2. The molecule has 0 bridgehead atoms. The van der Waals surface area contributed by atoms with E-state index in [-0.39, 0.29) is 0 Å². The highest BCUT2D eigenvalue weighted by Gasteiger charge is 2.20. The Morgan fingerprint density at radius 1 is 0.889 bits per heavy atom. The van der Waals surface area contributed by atoms with Crippen molar-refractivity contribution in [2.24, 2.45) is 5.92 Å². The highest BCUT2D eigenvalue weighted by Crippen LogP contribution is 2.27. The topological polar surface area (TPSA) is 8.17 Å². The molecule has 4 rings (SSSR count). The van der Waals surface area contributed by atoms with Crippen LogP contribution in [0.5, 0.6) is 0 Å². The molecular formula is C23H24Cl2N2. The van der Waals surface area contributed by atoms with E-state index in [1.54, 1.807) is 6.07 Å². The van der Waals surface area contributed by atoms with Gasteiger partial charge < -0.3 is 4.57 Å². The minimum Gasteiger partial charge on any atom is -0.318 e. The van der Waals surface area contributed by atoms with Gasteiger partial charge in [-0.25, -0.2) is 0 Å². The van der Waals surface area contributed by atoms with Crippen molar-refractivity contribution >= 4 is 23.2 Å². The number of rotatable bonds is 5. The van der Waals surface area contributed by atoms with Gasteiger partial charge in [-0.15, -0.1) is 0 Å². The molecular weight excluding hydrogens is 375 g/mol. The molecule has 0 unspecified atom stereocenters. The number of aromatic nitrogens is 1. The Kier molecular flexibility index (Phi) is 5.87. The summed E-state index contributed by atoms with van der Waals surface area (Å²) >= 11 is 12.5. The maximum atomic E-state index is 6.41. The molecule has 3 aromatic rings. The second-order valence-corrected chi connectivity index (χ2v) is 8.22. The average molecular weight is 399 g/mol. The van der Waals surface area contributed by atoms with Gasteiger partial charge in [0, 0.05) is 23.5 Å². The monoisotopic (exact) mass is 398 g/mol. The molecule has 1 aliphatic rings. The van der Waals surface area contributed by atoms with E-state index in [1.807, 2.05) is 12.1 Å². The van der Waals surface area contributed by atoms with Crippen LogP contribution in [0.3, 0.4) is 0 Å². The Balaban J connectivity index is 1.38. The average Bonchev–Trinajstić information content (AvgIpc) is 3.12. The molecule has 0 spiro atoms. The summed E-state index contributed by atoms with van der Waals surface area (Å²) < 4.78 is 2.18. The van der Waals surface area contributed by atoms with Gasteiger partial charge >= 0.3 is 0 Å². The summed E-state index contributed by atoms with van der Waals surface area (Å²) in [5, 5.41) is 1.35. The molecule has 0 N–H and O–H groups in total. The number of hydrogen-bond donors (Lipinski definition) is 0. The molecule has 0 radical (unpaired) electrons. The van der Waals surface area contributed by atoms with Crippen molar-refractivity contribution in [3.05, 3.63) is 88.2 Å². The second kappa shape index (κ2) is 8.52. The zero-order valence-corrected chi connectivity index (χ0v) is 16.8. The number of benzene rings is 2. The van der Waals surface area contributed by atoms with Gasteiger partial charge in [0.25, 0.3) is 0 Å². The molecule has 0 saturated carbocycles. The summed E-state index contributed by atoms with van der Waals surface area (Å²) in [5.74, 6) is 0.793.